The summed E-state index contributed by atoms with van der Waals surface area (Å²) < 4.78 is 7.42. The van der Waals surface area contributed by atoms with Gasteiger partial charge in [0.15, 0.2) is 0 Å². The average molecular weight is 306 g/mol. The lowest BCUT2D eigenvalue weighted by Gasteiger charge is -2.12. The first-order chi connectivity index (χ1) is 11.1. The monoisotopic (exact) mass is 306 g/mol. The topological polar surface area (TPSA) is 44.1 Å². The molecule has 23 heavy (non-hydrogen) atoms. The number of hydrogen-bond acceptors (Lipinski definition) is 3. The fourth-order valence-electron chi connectivity index (χ4n) is 2.45. The molecule has 2 heterocycles. The van der Waals surface area contributed by atoms with Gasteiger partial charge in [0.05, 0.1) is 11.3 Å². The molecule has 0 radical (unpaired) electrons. The summed E-state index contributed by atoms with van der Waals surface area (Å²) in [6, 6.07) is 13.6. The van der Waals surface area contributed by atoms with Crippen LogP contribution < -0.4 is 10.3 Å². The third-order valence-corrected chi connectivity index (χ3v) is 3.70. The first kappa shape index (κ1) is 15.0. The molecule has 0 saturated heterocycles. The van der Waals surface area contributed by atoms with E-state index < -0.39 is 0 Å². The van der Waals surface area contributed by atoms with Crippen molar-refractivity contribution in [3.63, 3.8) is 0 Å². The zero-order chi connectivity index (χ0) is 16.2. The number of aryl methyl sites for hydroxylation is 1. The van der Waals surface area contributed by atoms with Crippen LogP contribution in [0.15, 0.2) is 65.8 Å². The Hall–Kier alpha value is -2.88. The summed E-state index contributed by atoms with van der Waals surface area (Å²) in [7, 11) is 0. The van der Waals surface area contributed by atoms with Gasteiger partial charge in [-0.15, -0.1) is 0 Å². The van der Waals surface area contributed by atoms with E-state index in [1.165, 1.54) is 5.56 Å². The Morgan fingerprint density at radius 2 is 1.87 bits per heavy atom. The minimum absolute atomic E-state index is 0.0852. The number of hydrogen-bond donors (Lipinski definition) is 0. The summed E-state index contributed by atoms with van der Waals surface area (Å²) in [6.07, 6.45) is 5.06. The van der Waals surface area contributed by atoms with Crippen molar-refractivity contribution >= 4 is 0 Å². The summed E-state index contributed by atoms with van der Waals surface area (Å²) in [5.41, 5.74) is 3.58. The molecular weight excluding hydrogens is 288 g/mol. The Labute approximate surface area is 135 Å². The van der Waals surface area contributed by atoms with Crippen molar-refractivity contribution in [2.45, 2.75) is 20.5 Å². The van der Waals surface area contributed by atoms with Crippen molar-refractivity contribution in [1.82, 2.24) is 9.55 Å². The normalized spacial score (nSPS) is 10.5. The van der Waals surface area contributed by atoms with E-state index in [9.17, 15) is 4.79 Å². The van der Waals surface area contributed by atoms with Crippen LogP contribution in [0.25, 0.3) is 5.69 Å². The van der Waals surface area contributed by atoms with Gasteiger partial charge in [-0.05, 0) is 37.6 Å². The van der Waals surface area contributed by atoms with Crippen LogP contribution in [-0.4, -0.2) is 9.55 Å². The Balaban J connectivity index is 1.85. The molecule has 0 N–H and O–H groups in total. The van der Waals surface area contributed by atoms with Gasteiger partial charge in [-0.25, -0.2) is 0 Å². The van der Waals surface area contributed by atoms with Gasteiger partial charge in [0.2, 0.25) is 0 Å². The molecule has 116 valence electrons. The summed E-state index contributed by atoms with van der Waals surface area (Å²) in [5, 5.41) is 0. The Kier molecular flexibility index (Phi) is 4.24. The lowest BCUT2D eigenvalue weighted by molar-refractivity contribution is 0.303. The van der Waals surface area contributed by atoms with Gasteiger partial charge in [-0.3, -0.25) is 14.3 Å². The number of nitrogens with zero attached hydrogens (tertiary/aromatic N) is 2. The first-order valence-electron chi connectivity index (χ1n) is 7.46. The number of pyridine rings is 2. The maximum atomic E-state index is 12.5. The van der Waals surface area contributed by atoms with Crippen LogP contribution in [0.3, 0.4) is 0 Å². The molecular formula is C19H18N2O2. The highest BCUT2D eigenvalue weighted by molar-refractivity contribution is 5.36. The molecule has 0 fully saturated rings. The molecule has 0 unspecified atom stereocenters. The second-order valence-electron chi connectivity index (χ2n) is 5.46. The fraction of sp³-hybridized carbons (Fsp3) is 0.158. The van der Waals surface area contributed by atoms with Gasteiger partial charge in [0.1, 0.15) is 12.4 Å². The van der Waals surface area contributed by atoms with Crippen molar-refractivity contribution in [1.29, 1.82) is 0 Å². The van der Waals surface area contributed by atoms with Crippen LogP contribution in [0.4, 0.5) is 0 Å². The molecule has 0 saturated carbocycles. The minimum Gasteiger partial charge on any atom is -0.488 e. The standard InChI is InChI=1S/C19H18N2O2/c1-14-4-3-5-16(12-14)13-23-18-8-11-21(19(22)15(18)2)17-6-9-20-10-7-17/h3-12H,13H2,1-2H3. The molecule has 0 spiro atoms. The largest absolute Gasteiger partial charge is 0.488 e. The number of rotatable bonds is 4. The van der Waals surface area contributed by atoms with Crippen molar-refractivity contribution in [3.8, 4) is 11.4 Å². The van der Waals surface area contributed by atoms with E-state index in [1.807, 2.05) is 31.2 Å². The summed E-state index contributed by atoms with van der Waals surface area (Å²) in [6.45, 7) is 4.28. The number of benzene rings is 1. The molecule has 3 aromatic rings. The van der Waals surface area contributed by atoms with E-state index in [2.05, 4.69) is 11.1 Å². The Morgan fingerprint density at radius 3 is 2.61 bits per heavy atom. The Bertz CT molecular complexity index is 870. The minimum atomic E-state index is -0.0852. The maximum absolute atomic E-state index is 12.5. The van der Waals surface area contributed by atoms with Crippen LogP contribution >= 0.6 is 0 Å². The predicted molar refractivity (Wildman–Crippen MR) is 90.1 cm³/mol. The van der Waals surface area contributed by atoms with E-state index in [4.69, 9.17) is 4.74 Å². The first-order valence-corrected chi connectivity index (χ1v) is 7.46. The highest BCUT2D eigenvalue weighted by Crippen LogP contribution is 2.17. The molecule has 0 bridgehead atoms. The highest BCUT2D eigenvalue weighted by atomic mass is 16.5. The molecule has 2 aromatic heterocycles. The number of ether oxygens (including phenoxy) is 1. The molecule has 3 rings (SSSR count). The predicted octanol–water partition coefficient (Wildman–Crippen LogP) is 3.43. The van der Waals surface area contributed by atoms with Crippen molar-refractivity contribution in [3.05, 3.63) is 88.1 Å². The lowest BCUT2D eigenvalue weighted by atomic mass is 10.1. The second kappa shape index (κ2) is 6.48. The van der Waals surface area contributed by atoms with Crippen molar-refractivity contribution in [2.75, 3.05) is 0 Å². The molecule has 0 aliphatic heterocycles. The molecule has 0 amide bonds. The highest BCUT2D eigenvalue weighted by Gasteiger charge is 2.08. The smallest absolute Gasteiger partial charge is 0.261 e. The van der Waals surface area contributed by atoms with E-state index >= 15 is 0 Å². The second-order valence-corrected chi connectivity index (χ2v) is 5.46. The third-order valence-electron chi connectivity index (χ3n) is 3.70. The number of aromatic nitrogens is 2. The zero-order valence-electron chi connectivity index (χ0n) is 13.2. The van der Waals surface area contributed by atoms with Crippen molar-refractivity contribution in [2.24, 2.45) is 0 Å². The van der Waals surface area contributed by atoms with Gasteiger partial charge in [-0.2, -0.15) is 0 Å². The third kappa shape index (κ3) is 3.31. The van der Waals surface area contributed by atoms with Crippen LogP contribution in [0.1, 0.15) is 16.7 Å². The summed E-state index contributed by atoms with van der Waals surface area (Å²) in [4.78, 5) is 16.5. The molecule has 4 nitrogen and oxygen atoms in total. The Morgan fingerprint density at radius 1 is 1.09 bits per heavy atom. The molecule has 0 aliphatic carbocycles. The summed E-state index contributed by atoms with van der Waals surface area (Å²) in [5.74, 6) is 0.613. The van der Waals surface area contributed by atoms with E-state index in [0.717, 1.165) is 11.3 Å². The van der Waals surface area contributed by atoms with Crippen LogP contribution in [0.5, 0.6) is 5.75 Å². The SMILES string of the molecule is Cc1cccc(COc2ccn(-c3ccncc3)c(=O)c2C)c1. The van der Waals surface area contributed by atoms with Crippen LogP contribution in [-0.2, 0) is 6.61 Å². The van der Waals surface area contributed by atoms with Gasteiger partial charge in [-0.1, -0.05) is 29.8 Å². The van der Waals surface area contributed by atoms with Gasteiger partial charge < -0.3 is 4.74 Å². The fourth-order valence-corrected chi connectivity index (χ4v) is 2.45. The van der Waals surface area contributed by atoms with Gasteiger partial charge in [0.25, 0.3) is 5.56 Å². The molecule has 0 aliphatic rings. The van der Waals surface area contributed by atoms with Crippen LogP contribution in [0.2, 0.25) is 0 Å². The quantitative estimate of drug-likeness (QED) is 0.742. The average Bonchev–Trinajstić information content (AvgIpc) is 2.57. The molecule has 1 aromatic carbocycles. The molecule has 4 heteroatoms. The van der Waals surface area contributed by atoms with E-state index in [0.29, 0.717) is 17.9 Å². The van der Waals surface area contributed by atoms with Crippen LogP contribution in [0, 0.1) is 13.8 Å². The van der Waals surface area contributed by atoms with E-state index in [1.54, 1.807) is 42.2 Å². The van der Waals surface area contributed by atoms with Gasteiger partial charge >= 0.3 is 0 Å². The lowest BCUT2D eigenvalue weighted by Crippen LogP contribution is -2.20. The maximum Gasteiger partial charge on any atom is 0.261 e. The summed E-state index contributed by atoms with van der Waals surface area (Å²) >= 11 is 0. The van der Waals surface area contributed by atoms with Gasteiger partial charge in [0, 0.05) is 18.6 Å². The molecule has 0 atom stereocenters. The van der Waals surface area contributed by atoms with Crippen molar-refractivity contribution < 1.29 is 4.74 Å². The zero-order valence-corrected chi connectivity index (χ0v) is 13.2. The van der Waals surface area contributed by atoms with E-state index in [-0.39, 0.29) is 5.56 Å².